The summed E-state index contributed by atoms with van der Waals surface area (Å²) in [5.41, 5.74) is 3.18. The highest BCUT2D eigenvalue weighted by Crippen LogP contribution is 2.28. The van der Waals surface area contributed by atoms with Gasteiger partial charge in [-0.25, -0.2) is 12.7 Å². The maximum atomic E-state index is 13.3. The second-order valence-electron chi connectivity index (χ2n) is 8.88. The number of nitrogens with zero attached hydrogens (tertiary/aromatic N) is 2. The molecule has 1 amide bonds. The normalized spacial score (nSPS) is 14.7. The van der Waals surface area contributed by atoms with Crippen molar-refractivity contribution in [2.45, 2.75) is 57.3 Å². The summed E-state index contributed by atoms with van der Waals surface area (Å²) in [6.45, 7) is 6.57. The minimum atomic E-state index is -3.65. The fourth-order valence-corrected chi connectivity index (χ4v) is 4.78. The molecule has 1 aliphatic heterocycles. The molecule has 0 unspecified atom stereocenters. The summed E-state index contributed by atoms with van der Waals surface area (Å²) in [5.74, 6) is -0.282. The first-order valence-electron chi connectivity index (χ1n) is 11.5. The number of nitrogens with one attached hydrogen (secondary N) is 1. The average Bonchev–Trinajstić information content (AvgIpc) is 2.81. The third-order valence-electron chi connectivity index (χ3n) is 5.72. The Morgan fingerprint density at radius 2 is 1.76 bits per heavy atom. The molecule has 0 radical (unpaired) electrons. The van der Waals surface area contributed by atoms with E-state index in [9.17, 15) is 13.2 Å². The standard InChI is InChI=1S/C25H35N3O4S/c1-19(2)32-18-21-10-8-9-20(15-21)17-26-25(29)23-16-22(33(30,31)27(3)4)11-12-24(23)28-13-6-5-7-14-28/h8-12,15-16,19H,5-7,13-14,17-18H2,1-4H3,(H,26,29). The number of carbonyl (C=O) groups is 1. The maximum absolute atomic E-state index is 13.3. The van der Waals surface area contributed by atoms with E-state index in [0.717, 1.165) is 47.1 Å². The van der Waals surface area contributed by atoms with Gasteiger partial charge in [-0.05, 0) is 62.4 Å². The van der Waals surface area contributed by atoms with Gasteiger partial charge in [0.1, 0.15) is 0 Å². The van der Waals surface area contributed by atoms with Crippen LogP contribution in [0.1, 0.15) is 54.6 Å². The van der Waals surface area contributed by atoms with Gasteiger partial charge in [-0.3, -0.25) is 4.79 Å². The van der Waals surface area contributed by atoms with Crippen LogP contribution in [-0.2, 0) is 27.9 Å². The SMILES string of the molecule is CC(C)OCc1cccc(CNC(=O)c2cc(S(=O)(=O)N(C)C)ccc2N2CCCCC2)c1. The molecule has 0 aromatic heterocycles. The molecule has 2 aromatic rings. The van der Waals surface area contributed by atoms with Crippen molar-refractivity contribution in [2.75, 3.05) is 32.1 Å². The van der Waals surface area contributed by atoms with Gasteiger partial charge in [0.2, 0.25) is 10.0 Å². The predicted molar refractivity (Wildman–Crippen MR) is 131 cm³/mol. The van der Waals surface area contributed by atoms with Crippen LogP contribution in [0.25, 0.3) is 0 Å². The highest BCUT2D eigenvalue weighted by atomic mass is 32.2. The van der Waals surface area contributed by atoms with Gasteiger partial charge in [0, 0.05) is 39.4 Å². The van der Waals surface area contributed by atoms with Crippen molar-refractivity contribution in [3.63, 3.8) is 0 Å². The number of sulfonamides is 1. The van der Waals surface area contributed by atoms with E-state index in [-0.39, 0.29) is 16.9 Å². The van der Waals surface area contributed by atoms with Gasteiger partial charge in [-0.15, -0.1) is 0 Å². The van der Waals surface area contributed by atoms with Gasteiger partial charge < -0.3 is 15.0 Å². The van der Waals surface area contributed by atoms with Crippen molar-refractivity contribution >= 4 is 21.6 Å². The highest BCUT2D eigenvalue weighted by molar-refractivity contribution is 7.89. The van der Waals surface area contributed by atoms with Crippen LogP contribution in [0.4, 0.5) is 5.69 Å². The monoisotopic (exact) mass is 473 g/mol. The third kappa shape index (κ3) is 6.56. The number of anilines is 1. The number of piperidine rings is 1. The van der Waals surface area contributed by atoms with E-state index >= 15 is 0 Å². The molecule has 0 atom stereocenters. The largest absolute Gasteiger partial charge is 0.374 e. The Balaban J connectivity index is 1.83. The molecular weight excluding hydrogens is 438 g/mol. The second-order valence-corrected chi connectivity index (χ2v) is 11.0. The fourth-order valence-electron chi connectivity index (χ4n) is 3.85. The highest BCUT2D eigenvalue weighted by Gasteiger charge is 2.24. The van der Waals surface area contributed by atoms with Crippen LogP contribution in [0, 0.1) is 0 Å². The Morgan fingerprint density at radius 3 is 2.42 bits per heavy atom. The van der Waals surface area contributed by atoms with E-state index in [2.05, 4.69) is 10.2 Å². The quantitative estimate of drug-likeness (QED) is 0.600. The lowest BCUT2D eigenvalue weighted by atomic mass is 10.1. The Bertz CT molecular complexity index is 1060. The van der Waals surface area contributed by atoms with Crippen molar-refractivity contribution in [1.29, 1.82) is 0 Å². The summed E-state index contributed by atoms with van der Waals surface area (Å²) in [6, 6.07) is 12.8. The van der Waals surface area contributed by atoms with Crippen LogP contribution in [0.2, 0.25) is 0 Å². The molecule has 0 saturated carbocycles. The summed E-state index contributed by atoms with van der Waals surface area (Å²) in [4.78, 5) is 15.6. The Kier molecular flexibility index (Phi) is 8.51. The van der Waals surface area contributed by atoms with Crippen molar-refractivity contribution in [2.24, 2.45) is 0 Å². The van der Waals surface area contributed by atoms with Gasteiger partial charge in [0.25, 0.3) is 5.91 Å². The van der Waals surface area contributed by atoms with Crippen LogP contribution < -0.4 is 10.2 Å². The molecule has 1 fully saturated rings. The summed E-state index contributed by atoms with van der Waals surface area (Å²) in [6.07, 6.45) is 3.43. The number of hydrogen-bond acceptors (Lipinski definition) is 5. The number of hydrogen-bond donors (Lipinski definition) is 1. The zero-order valence-corrected chi connectivity index (χ0v) is 20.8. The van der Waals surface area contributed by atoms with Gasteiger partial charge in [-0.2, -0.15) is 0 Å². The summed E-state index contributed by atoms with van der Waals surface area (Å²) < 4.78 is 32.2. The predicted octanol–water partition coefficient (Wildman–Crippen LogP) is 3.78. The topological polar surface area (TPSA) is 78.9 Å². The van der Waals surface area contributed by atoms with E-state index in [1.54, 1.807) is 12.1 Å². The van der Waals surface area contributed by atoms with Crippen LogP contribution in [0.15, 0.2) is 47.4 Å². The van der Waals surface area contributed by atoms with Crippen LogP contribution >= 0.6 is 0 Å². The zero-order valence-electron chi connectivity index (χ0n) is 20.0. The van der Waals surface area contributed by atoms with E-state index in [1.807, 2.05) is 38.1 Å². The summed E-state index contributed by atoms with van der Waals surface area (Å²) in [7, 11) is -0.666. The number of ether oxygens (including phenoxy) is 1. The zero-order chi connectivity index (χ0) is 24.0. The Labute approximate surface area is 197 Å². The lowest BCUT2D eigenvalue weighted by Crippen LogP contribution is -2.33. The van der Waals surface area contributed by atoms with Crippen molar-refractivity contribution in [1.82, 2.24) is 9.62 Å². The molecule has 8 heteroatoms. The first-order valence-corrected chi connectivity index (χ1v) is 12.9. The Morgan fingerprint density at radius 1 is 1.06 bits per heavy atom. The minimum Gasteiger partial charge on any atom is -0.374 e. The molecular formula is C25H35N3O4S. The first-order chi connectivity index (χ1) is 15.7. The van der Waals surface area contributed by atoms with Gasteiger partial charge in [-0.1, -0.05) is 24.3 Å². The molecule has 1 heterocycles. The lowest BCUT2D eigenvalue weighted by Gasteiger charge is -2.30. The number of benzene rings is 2. The number of rotatable bonds is 9. The van der Waals surface area contributed by atoms with E-state index < -0.39 is 10.0 Å². The molecule has 7 nitrogen and oxygen atoms in total. The van der Waals surface area contributed by atoms with E-state index in [4.69, 9.17) is 4.74 Å². The molecule has 0 aliphatic carbocycles. The van der Waals surface area contributed by atoms with Crippen LogP contribution in [0.3, 0.4) is 0 Å². The molecule has 1 N–H and O–H groups in total. The third-order valence-corrected chi connectivity index (χ3v) is 7.53. The minimum absolute atomic E-state index is 0.117. The fraction of sp³-hybridized carbons (Fsp3) is 0.480. The molecule has 1 aliphatic rings. The second kappa shape index (κ2) is 11.1. The number of carbonyl (C=O) groups excluding carboxylic acids is 1. The molecule has 1 saturated heterocycles. The summed E-state index contributed by atoms with van der Waals surface area (Å²) in [5, 5.41) is 2.98. The van der Waals surface area contributed by atoms with Crippen LogP contribution in [-0.4, -0.2) is 51.9 Å². The molecule has 33 heavy (non-hydrogen) atoms. The smallest absolute Gasteiger partial charge is 0.253 e. The van der Waals surface area contributed by atoms with Crippen molar-refractivity contribution in [3.05, 3.63) is 59.2 Å². The molecule has 0 spiro atoms. The Hall–Kier alpha value is -2.42. The molecule has 3 rings (SSSR count). The molecule has 180 valence electrons. The lowest BCUT2D eigenvalue weighted by molar-refractivity contribution is 0.0657. The first kappa shape index (κ1) is 25.2. The molecule has 0 bridgehead atoms. The van der Waals surface area contributed by atoms with Crippen molar-refractivity contribution < 1.29 is 17.9 Å². The van der Waals surface area contributed by atoms with Gasteiger partial charge in [0.15, 0.2) is 0 Å². The molecule has 2 aromatic carbocycles. The number of amides is 1. The van der Waals surface area contributed by atoms with Crippen molar-refractivity contribution in [3.8, 4) is 0 Å². The summed E-state index contributed by atoms with van der Waals surface area (Å²) >= 11 is 0. The van der Waals surface area contributed by atoms with Gasteiger partial charge in [0.05, 0.1) is 23.2 Å². The van der Waals surface area contributed by atoms with Gasteiger partial charge >= 0.3 is 0 Å². The average molecular weight is 474 g/mol. The van der Waals surface area contributed by atoms with E-state index in [1.165, 1.54) is 26.6 Å². The maximum Gasteiger partial charge on any atom is 0.253 e. The van der Waals surface area contributed by atoms with E-state index in [0.29, 0.717) is 18.7 Å². The van der Waals surface area contributed by atoms with Crippen LogP contribution in [0.5, 0.6) is 0 Å².